The van der Waals surface area contributed by atoms with Crippen molar-refractivity contribution in [1.82, 2.24) is 10.2 Å². The molecule has 2 unspecified atom stereocenters. The van der Waals surface area contributed by atoms with Crippen molar-refractivity contribution in [3.8, 4) is 18.1 Å². The molecule has 3 rings (SSSR count). The number of terminal acetylenes is 1. The van der Waals surface area contributed by atoms with Crippen LogP contribution in [0, 0.1) is 12.3 Å². The van der Waals surface area contributed by atoms with E-state index in [-0.39, 0.29) is 18.6 Å². The third-order valence-corrected chi connectivity index (χ3v) is 4.73. The highest BCUT2D eigenvalue weighted by Gasteiger charge is 2.49. The van der Waals surface area contributed by atoms with Gasteiger partial charge in [0.05, 0.1) is 17.1 Å². The fourth-order valence-corrected chi connectivity index (χ4v) is 4.10. The van der Waals surface area contributed by atoms with E-state index in [0.29, 0.717) is 6.42 Å². The highest BCUT2D eigenvalue weighted by Crippen LogP contribution is 2.47. The number of urea groups is 1. The molecule has 1 N–H and O–H groups in total. The third kappa shape index (κ3) is 2.00. The van der Waals surface area contributed by atoms with Crippen molar-refractivity contribution in [3.05, 3.63) is 26.6 Å². The number of hydrogen-bond acceptors (Lipinski definition) is 2. The lowest BCUT2D eigenvalue weighted by Crippen LogP contribution is -2.64. The molecule has 6 heteroatoms. The van der Waals surface area contributed by atoms with Gasteiger partial charge in [-0.15, -0.1) is 6.42 Å². The minimum absolute atomic E-state index is 0.0703. The summed E-state index contributed by atoms with van der Waals surface area (Å²) in [6.07, 6.45) is 6.01. The maximum Gasteiger partial charge on any atom is 0.321 e. The minimum Gasteiger partial charge on any atom is -0.466 e. The van der Waals surface area contributed by atoms with E-state index >= 15 is 0 Å². The van der Waals surface area contributed by atoms with Crippen LogP contribution in [0.25, 0.3) is 0 Å². The van der Waals surface area contributed by atoms with Gasteiger partial charge in [-0.2, -0.15) is 0 Å². The van der Waals surface area contributed by atoms with Gasteiger partial charge in [0, 0.05) is 16.5 Å². The number of ether oxygens (including phenoxy) is 1. The molecule has 20 heavy (non-hydrogen) atoms. The molecule has 1 aromatic carbocycles. The standard InChI is InChI=1S/C14H12Br2N2O2/c1-3-4-18-13(19)17-11-7-14(18,2)20-12-9(11)5-8(15)6-10(12)16/h1,5-6,11H,4,7H2,2H3,(H,17,19). The van der Waals surface area contributed by atoms with Crippen LogP contribution in [-0.2, 0) is 0 Å². The largest absolute Gasteiger partial charge is 0.466 e. The Bertz CT molecular complexity index is 641. The van der Waals surface area contributed by atoms with Crippen LogP contribution in [0.2, 0.25) is 0 Å². The molecule has 2 aliphatic heterocycles. The van der Waals surface area contributed by atoms with Crippen LogP contribution in [-0.4, -0.2) is 23.2 Å². The third-order valence-electron chi connectivity index (χ3n) is 3.68. The molecule has 1 fully saturated rings. The monoisotopic (exact) mass is 398 g/mol. The SMILES string of the molecule is C#CCN1C(=O)NC2CC1(C)Oc1c(Br)cc(Br)cc12. The zero-order valence-corrected chi connectivity index (χ0v) is 13.9. The summed E-state index contributed by atoms with van der Waals surface area (Å²) in [4.78, 5) is 13.8. The Kier molecular flexibility index (Phi) is 3.22. The van der Waals surface area contributed by atoms with Gasteiger partial charge in [0.1, 0.15) is 5.75 Å². The van der Waals surface area contributed by atoms with E-state index < -0.39 is 5.72 Å². The number of halogens is 2. The first-order valence-electron chi connectivity index (χ1n) is 6.14. The van der Waals surface area contributed by atoms with Crippen LogP contribution in [0.4, 0.5) is 4.79 Å². The summed E-state index contributed by atoms with van der Waals surface area (Å²) in [5, 5.41) is 2.99. The second kappa shape index (κ2) is 4.68. The molecule has 0 aliphatic carbocycles. The molecule has 4 nitrogen and oxygen atoms in total. The van der Waals surface area contributed by atoms with E-state index in [4.69, 9.17) is 11.2 Å². The average molecular weight is 400 g/mol. The Balaban J connectivity index is 2.11. The number of nitrogens with zero attached hydrogens (tertiary/aromatic N) is 1. The van der Waals surface area contributed by atoms with Gasteiger partial charge >= 0.3 is 6.03 Å². The van der Waals surface area contributed by atoms with E-state index in [1.54, 1.807) is 4.90 Å². The van der Waals surface area contributed by atoms with Gasteiger partial charge < -0.3 is 10.1 Å². The molecular formula is C14H12Br2N2O2. The van der Waals surface area contributed by atoms with Crippen molar-refractivity contribution in [2.45, 2.75) is 25.1 Å². The van der Waals surface area contributed by atoms with Gasteiger partial charge in [-0.05, 0) is 35.0 Å². The maximum absolute atomic E-state index is 12.2. The van der Waals surface area contributed by atoms with E-state index in [9.17, 15) is 4.79 Å². The van der Waals surface area contributed by atoms with Gasteiger partial charge in [0.2, 0.25) is 0 Å². The Morgan fingerprint density at radius 3 is 3.05 bits per heavy atom. The lowest BCUT2D eigenvalue weighted by Gasteiger charge is -2.50. The molecule has 2 heterocycles. The van der Waals surface area contributed by atoms with Crippen molar-refractivity contribution < 1.29 is 9.53 Å². The van der Waals surface area contributed by atoms with Crippen LogP contribution in [0.15, 0.2) is 21.1 Å². The van der Waals surface area contributed by atoms with Gasteiger partial charge in [-0.25, -0.2) is 4.79 Å². The molecule has 1 saturated heterocycles. The normalized spacial score (nSPS) is 27.2. The summed E-state index contributed by atoms with van der Waals surface area (Å²) in [5.74, 6) is 3.27. The Hall–Kier alpha value is -1.19. The first-order chi connectivity index (χ1) is 9.44. The van der Waals surface area contributed by atoms with Crippen LogP contribution in [0.1, 0.15) is 24.9 Å². The molecule has 2 atom stereocenters. The fraction of sp³-hybridized carbons (Fsp3) is 0.357. The summed E-state index contributed by atoms with van der Waals surface area (Å²) in [7, 11) is 0. The summed E-state index contributed by atoms with van der Waals surface area (Å²) in [5.41, 5.74) is 0.250. The summed E-state index contributed by atoms with van der Waals surface area (Å²) in [6.45, 7) is 2.12. The highest BCUT2D eigenvalue weighted by molar-refractivity contribution is 9.11. The zero-order chi connectivity index (χ0) is 14.5. The van der Waals surface area contributed by atoms with Gasteiger partial charge in [-0.3, -0.25) is 4.90 Å². The number of amides is 2. The van der Waals surface area contributed by atoms with Crippen molar-refractivity contribution in [3.63, 3.8) is 0 Å². The molecule has 104 valence electrons. The summed E-state index contributed by atoms with van der Waals surface area (Å²) >= 11 is 6.97. The number of carbonyl (C=O) groups is 1. The average Bonchev–Trinajstić information content (AvgIpc) is 2.36. The van der Waals surface area contributed by atoms with E-state index in [1.165, 1.54) is 0 Å². The quantitative estimate of drug-likeness (QED) is 0.735. The van der Waals surface area contributed by atoms with Crippen molar-refractivity contribution in [1.29, 1.82) is 0 Å². The lowest BCUT2D eigenvalue weighted by molar-refractivity contribution is -0.0785. The molecule has 2 bridgehead atoms. The molecule has 0 spiro atoms. The van der Waals surface area contributed by atoms with Crippen molar-refractivity contribution in [2.24, 2.45) is 0 Å². The van der Waals surface area contributed by atoms with E-state index in [1.807, 2.05) is 19.1 Å². The molecule has 0 saturated carbocycles. The molecular weight excluding hydrogens is 388 g/mol. The van der Waals surface area contributed by atoms with E-state index in [0.717, 1.165) is 20.3 Å². The molecule has 1 aromatic rings. The Morgan fingerprint density at radius 1 is 1.60 bits per heavy atom. The number of rotatable bonds is 1. The predicted molar refractivity (Wildman–Crippen MR) is 82.3 cm³/mol. The number of benzene rings is 1. The first kappa shape index (κ1) is 13.8. The van der Waals surface area contributed by atoms with Crippen molar-refractivity contribution in [2.75, 3.05) is 6.54 Å². The predicted octanol–water partition coefficient (Wildman–Crippen LogP) is 3.41. The Labute approximate surface area is 134 Å². The second-order valence-electron chi connectivity index (χ2n) is 5.08. The second-order valence-corrected chi connectivity index (χ2v) is 6.85. The number of fused-ring (bicyclic) bond motifs is 4. The highest BCUT2D eigenvalue weighted by atomic mass is 79.9. The Morgan fingerprint density at radius 2 is 2.35 bits per heavy atom. The smallest absolute Gasteiger partial charge is 0.321 e. The molecule has 2 amide bonds. The lowest BCUT2D eigenvalue weighted by atomic mass is 9.90. The first-order valence-corrected chi connectivity index (χ1v) is 7.73. The van der Waals surface area contributed by atoms with Crippen LogP contribution in [0.5, 0.6) is 5.75 Å². The summed E-state index contributed by atoms with van der Waals surface area (Å²) in [6, 6.07) is 3.64. The van der Waals surface area contributed by atoms with Gasteiger partial charge in [-0.1, -0.05) is 21.9 Å². The van der Waals surface area contributed by atoms with Crippen LogP contribution < -0.4 is 10.1 Å². The van der Waals surface area contributed by atoms with Gasteiger partial charge in [0.15, 0.2) is 5.72 Å². The molecule has 2 aliphatic rings. The number of nitrogens with one attached hydrogen (secondary N) is 1. The van der Waals surface area contributed by atoms with E-state index in [2.05, 4.69) is 43.1 Å². The fourth-order valence-electron chi connectivity index (χ4n) is 2.76. The zero-order valence-electron chi connectivity index (χ0n) is 10.7. The minimum atomic E-state index is -0.720. The van der Waals surface area contributed by atoms with Crippen LogP contribution >= 0.6 is 31.9 Å². The van der Waals surface area contributed by atoms with Crippen molar-refractivity contribution >= 4 is 37.9 Å². The van der Waals surface area contributed by atoms with Crippen LogP contribution in [0.3, 0.4) is 0 Å². The number of hydrogen-bond donors (Lipinski definition) is 1. The van der Waals surface area contributed by atoms with Gasteiger partial charge in [0.25, 0.3) is 0 Å². The molecule has 0 aromatic heterocycles. The molecule has 0 radical (unpaired) electrons. The number of carbonyl (C=O) groups excluding carboxylic acids is 1. The maximum atomic E-state index is 12.2. The summed E-state index contributed by atoms with van der Waals surface area (Å²) < 4.78 is 7.91. The topological polar surface area (TPSA) is 41.6 Å².